The van der Waals surface area contributed by atoms with E-state index in [4.69, 9.17) is 9.47 Å². The van der Waals surface area contributed by atoms with E-state index < -0.39 is 0 Å². The molecular weight excluding hydrogens is 326 g/mol. The van der Waals surface area contributed by atoms with Gasteiger partial charge in [-0.3, -0.25) is 10.1 Å². The molecule has 2 aromatic heterocycles. The number of anilines is 1. The molecule has 4 rings (SSSR count). The lowest BCUT2D eigenvalue weighted by Gasteiger charge is -2.10. The van der Waals surface area contributed by atoms with Crippen LogP contribution >= 0.6 is 11.3 Å². The number of aryl methyl sites for hydroxylation is 2. The Bertz CT molecular complexity index is 700. The number of carbonyl (C=O) groups is 1. The van der Waals surface area contributed by atoms with Crippen molar-refractivity contribution in [2.45, 2.75) is 38.2 Å². The van der Waals surface area contributed by atoms with Gasteiger partial charge in [0.2, 0.25) is 5.88 Å². The second-order valence-electron chi connectivity index (χ2n) is 6.04. The van der Waals surface area contributed by atoms with Crippen molar-refractivity contribution in [3.05, 3.63) is 34.5 Å². The van der Waals surface area contributed by atoms with Crippen LogP contribution in [0.1, 0.15) is 40.2 Å². The summed E-state index contributed by atoms with van der Waals surface area (Å²) in [5.41, 5.74) is 1.64. The number of carbonyl (C=O) groups excluding carboxylic acids is 1. The van der Waals surface area contributed by atoms with Gasteiger partial charge < -0.3 is 9.47 Å². The molecule has 0 radical (unpaired) electrons. The minimum atomic E-state index is -0.190. The molecule has 0 spiro atoms. The van der Waals surface area contributed by atoms with Crippen molar-refractivity contribution in [3.8, 4) is 5.88 Å². The fourth-order valence-corrected chi connectivity index (χ4v) is 3.98. The Morgan fingerprint density at radius 3 is 3.00 bits per heavy atom. The number of aromatic nitrogens is 2. The standard InChI is InChI=1S/C17H19N3O3S/c21-16(20-17-19-13-3-1-2-4-14(13)24-17)11-5-6-15(18-9-11)23-12-7-8-22-10-12/h5-6,9,12H,1-4,7-8,10H2,(H,19,20,21). The highest BCUT2D eigenvalue weighted by atomic mass is 32.1. The Hall–Kier alpha value is -1.99. The average Bonchev–Trinajstić information content (AvgIpc) is 3.24. The van der Waals surface area contributed by atoms with Crippen molar-refractivity contribution in [2.75, 3.05) is 18.5 Å². The first-order chi connectivity index (χ1) is 11.8. The summed E-state index contributed by atoms with van der Waals surface area (Å²) in [7, 11) is 0. The minimum Gasteiger partial charge on any atom is -0.472 e. The molecule has 1 aliphatic carbocycles. The minimum absolute atomic E-state index is 0.0545. The molecule has 1 N–H and O–H groups in total. The number of pyridine rings is 1. The maximum Gasteiger partial charge on any atom is 0.259 e. The topological polar surface area (TPSA) is 73.3 Å². The zero-order valence-electron chi connectivity index (χ0n) is 13.3. The summed E-state index contributed by atoms with van der Waals surface area (Å²) in [5, 5.41) is 3.55. The van der Waals surface area contributed by atoms with Crippen molar-refractivity contribution in [2.24, 2.45) is 0 Å². The third-order valence-electron chi connectivity index (χ3n) is 4.24. The number of thiazole rings is 1. The lowest BCUT2D eigenvalue weighted by atomic mass is 10.0. The molecular formula is C17H19N3O3S. The van der Waals surface area contributed by atoms with E-state index in [0.717, 1.165) is 31.6 Å². The molecule has 0 saturated carbocycles. The van der Waals surface area contributed by atoms with Crippen LogP contribution in [0.2, 0.25) is 0 Å². The second kappa shape index (κ2) is 6.86. The van der Waals surface area contributed by atoms with Gasteiger partial charge in [-0.25, -0.2) is 9.97 Å². The van der Waals surface area contributed by atoms with Gasteiger partial charge in [-0.2, -0.15) is 0 Å². The zero-order chi connectivity index (χ0) is 16.4. The van der Waals surface area contributed by atoms with Crippen LogP contribution in [0.4, 0.5) is 5.13 Å². The van der Waals surface area contributed by atoms with Crippen LogP contribution in [0.15, 0.2) is 18.3 Å². The van der Waals surface area contributed by atoms with Crippen LogP contribution < -0.4 is 10.1 Å². The Balaban J connectivity index is 1.39. The van der Waals surface area contributed by atoms with E-state index in [1.165, 1.54) is 23.9 Å². The van der Waals surface area contributed by atoms with E-state index in [0.29, 0.717) is 23.2 Å². The summed E-state index contributed by atoms with van der Waals surface area (Å²) >= 11 is 1.58. The highest BCUT2D eigenvalue weighted by Crippen LogP contribution is 2.29. The van der Waals surface area contributed by atoms with Gasteiger partial charge in [0.1, 0.15) is 6.10 Å². The van der Waals surface area contributed by atoms with Gasteiger partial charge >= 0.3 is 0 Å². The number of amides is 1. The summed E-state index contributed by atoms with van der Waals surface area (Å²) in [6.45, 7) is 1.32. The van der Waals surface area contributed by atoms with E-state index in [1.807, 2.05) is 0 Å². The molecule has 2 aliphatic rings. The monoisotopic (exact) mass is 345 g/mol. The van der Waals surface area contributed by atoms with Crippen molar-refractivity contribution in [3.63, 3.8) is 0 Å². The Morgan fingerprint density at radius 1 is 1.33 bits per heavy atom. The van der Waals surface area contributed by atoms with Crippen LogP contribution in [0.3, 0.4) is 0 Å². The number of nitrogens with zero attached hydrogens (tertiary/aromatic N) is 2. The second-order valence-corrected chi connectivity index (χ2v) is 7.12. The quantitative estimate of drug-likeness (QED) is 0.922. The molecule has 1 unspecified atom stereocenters. The maximum absolute atomic E-state index is 12.3. The predicted octanol–water partition coefficient (Wildman–Crippen LogP) is 2.84. The third-order valence-corrected chi connectivity index (χ3v) is 5.31. The molecule has 3 heterocycles. The summed E-state index contributed by atoms with van der Waals surface area (Å²) in [4.78, 5) is 22.4. The Morgan fingerprint density at radius 2 is 2.25 bits per heavy atom. The van der Waals surface area contributed by atoms with Crippen LogP contribution in [0.25, 0.3) is 0 Å². The summed E-state index contributed by atoms with van der Waals surface area (Å²) in [5.74, 6) is 0.330. The number of hydrogen-bond donors (Lipinski definition) is 1. The molecule has 1 saturated heterocycles. The Labute approximate surface area is 144 Å². The van der Waals surface area contributed by atoms with Gasteiger partial charge in [0.05, 0.1) is 24.5 Å². The SMILES string of the molecule is O=C(Nc1nc2c(s1)CCCC2)c1ccc(OC2CCOC2)nc1. The van der Waals surface area contributed by atoms with E-state index in [1.54, 1.807) is 23.5 Å². The molecule has 2 aromatic rings. The smallest absolute Gasteiger partial charge is 0.259 e. The summed E-state index contributed by atoms with van der Waals surface area (Å²) < 4.78 is 11.0. The predicted molar refractivity (Wildman–Crippen MR) is 90.8 cm³/mol. The van der Waals surface area contributed by atoms with Crippen molar-refractivity contribution < 1.29 is 14.3 Å². The van der Waals surface area contributed by atoms with Crippen molar-refractivity contribution in [1.82, 2.24) is 9.97 Å². The highest BCUT2D eigenvalue weighted by Gasteiger charge is 2.19. The number of ether oxygens (including phenoxy) is 2. The van der Waals surface area contributed by atoms with E-state index in [-0.39, 0.29) is 12.0 Å². The number of rotatable bonds is 4. The van der Waals surface area contributed by atoms with Gasteiger partial charge in [0, 0.05) is 23.6 Å². The molecule has 24 heavy (non-hydrogen) atoms. The zero-order valence-corrected chi connectivity index (χ0v) is 14.1. The summed E-state index contributed by atoms with van der Waals surface area (Å²) in [6, 6.07) is 3.45. The number of hydrogen-bond acceptors (Lipinski definition) is 6. The van der Waals surface area contributed by atoms with Crippen LogP contribution in [-0.2, 0) is 17.6 Å². The molecule has 0 bridgehead atoms. The molecule has 6 nitrogen and oxygen atoms in total. The van der Waals surface area contributed by atoms with Crippen LogP contribution in [-0.4, -0.2) is 35.2 Å². The van der Waals surface area contributed by atoms with Crippen molar-refractivity contribution in [1.29, 1.82) is 0 Å². The summed E-state index contributed by atoms with van der Waals surface area (Å²) in [6.07, 6.45) is 6.94. The third kappa shape index (κ3) is 3.42. The molecule has 1 fully saturated rings. The molecule has 7 heteroatoms. The first-order valence-electron chi connectivity index (χ1n) is 8.28. The lowest BCUT2D eigenvalue weighted by Crippen LogP contribution is -2.17. The van der Waals surface area contributed by atoms with E-state index in [2.05, 4.69) is 15.3 Å². The van der Waals surface area contributed by atoms with Crippen LogP contribution in [0, 0.1) is 0 Å². The van der Waals surface area contributed by atoms with E-state index >= 15 is 0 Å². The molecule has 1 atom stereocenters. The normalized spacial score (nSPS) is 19.8. The van der Waals surface area contributed by atoms with Crippen LogP contribution in [0.5, 0.6) is 5.88 Å². The number of nitrogens with one attached hydrogen (secondary N) is 1. The first kappa shape index (κ1) is 15.5. The molecule has 126 valence electrons. The molecule has 1 amide bonds. The Kier molecular flexibility index (Phi) is 4.44. The van der Waals surface area contributed by atoms with Gasteiger partial charge in [0.25, 0.3) is 5.91 Å². The van der Waals surface area contributed by atoms with Gasteiger partial charge in [-0.1, -0.05) is 0 Å². The molecule has 1 aliphatic heterocycles. The van der Waals surface area contributed by atoms with Crippen molar-refractivity contribution >= 4 is 22.4 Å². The van der Waals surface area contributed by atoms with Gasteiger partial charge in [-0.05, 0) is 31.7 Å². The maximum atomic E-state index is 12.3. The molecule has 0 aromatic carbocycles. The highest BCUT2D eigenvalue weighted by molar-refractivity contribution is 7.15. The van der Waals surface area contributed by atoms with Gasteiger partial charge in [-0.15, -0.1) is 11.3 Å². The lowest BCUT2D eigenvalue weighted by molar-refractivity contribution is 0.102. The number of fused-ring (bicyclic) bond motifs is 1. The first-order valence-corrected chi connectivity index (χ1v) is 9.10. The largest absolute Gasteiger partial charge is 0.472 e. The fraction of sp³-hybridized carbons (Fsp3) is 0.471. The fourth-order valence-electron chi connectivity index (χ4n) is 2.94. The average molecular weight is 345 g/mol. The van der Waals surface area contributed by atoms with E-state index in [9.17, 15) is 4.79 Å². The van der Waals surface area contributed by atoms with Gasteiger partial charge in [0.15, 0.2) is 5.13 Å².